The summed E-state index contributed by atoms with van der Waals surface area (Å²) < 4.78 is 41.3. The summed E-state index contributed by atoms with van der Waals surface area (Å²) in [4.78, 5) is 0. The molecule has 0 amide bonds. The highest BCUT2D eigenvalue weighted by molar-refractivity contribution is 6.50. The maximum absolute atomic E-state index is 11.7. The first kappa shape index (κ1) is 32.0. The zero-order valence-electron chi connectivity index (χ0n) is 25.7. The molecular formula is C41H30BF4NO. The molecule has 48 heavy (non-hydrogen) atoms. The molecule has 0 aliphatic rings. The van der Waals surface area contributed by atoms with Crippen molar-refractivity contribution in [3.05, 3.63) is 176 Å². The number of nitrogens with zero attached hydrogens (tertiary/aromatic N) is 1. The smallest absolute Gasteiger partial charge is 0.507 e. The third kappa shape index (κ3) is 7.53. The van der Waals surface area contributed by atoms with Crippen molar-refractivity contribution in [2.45, 2.75) is 0 Å². The molecule has 1 N–H and O–H groups in total. The van der Waals surface area contributed by atoms with Crippen molar-refractivity contribution in [2.75, 3.05) is 0 Å². The molecule has 0 aliphatic carbocycles. The fourth-order valence-corrected chi connectivity index (χ4v) is 5.74. The lowest BCUT2D eigenvalue weighted by molar-refractivity contribution is -0.572. The van der Waals surface area contributed by atoms with E-state index in [0.717, 1.165) is 61.6 Å². The van der Waals surface area contributed by atoms with Crippen LogP contribution in [-0.4, -0.2) is 12.4 Å². The molecule has 0 saturated carbocycles. The first-order valence-corrected chi connectivity index (χ1v) is 15.4. The minimum atomic E-state index is -6.00. The van der Waals surface area contributed by atoms with Gasteiger partial charge in [-0.25, -0.2) is 0 Å². The van der Waals surface area contributed by atoms with Crippen molar-refractivity contribution in [1.29, 1.82) is 0 Å². The average Bonchev–Trinajstić information content (AvgIpc) is 3.12. The predicted octanol–water partition coefficient (Wildman–Crippen LogP) is 11.3. The van der Waals surface area contributed by atoms with Gasteiger partial charge in [0.05, 0.1) is 0 Å². The number of phenols is 1. The second-order valence-electron chi connectivity index (χ2n) is 11.1. The lowest BCUT2D eigenvalue weighted by Crippen LogP contribution is -2.36. The van der Waals surface area contributed by atoms with E-state index in [2.05, 4.69) is 120 Å². The van der Waals surface area contributed by atoms with Crippen LogP contribution in [0.15, 0.2) is 176 Å². The maximum Gasteiger partial charge on any atom is 0.673 e. The van der Waals surface area contributed by atoms with Crippen LogP contribution >= 0.6 is 0 Å². The van der Waals surface area contributed by atoms with Crippen molar-refractivity contribution >= 4 is 7.25 Å². The van der Waals surface area contributed by atoms with Gasteiger partial charge in [0.25, 0.3) is 0 Å². The van der Waals surface area contributed by atoms with Crippen molar-refractivity contribution in [1.82, 2.24) is 0 Å². The quantitative estimate of drug-likeness (QED) is 0.109. The number of halogens is 4. The van der Waals surface area contributed by atoms with Gasteiger partial charge < -0.3 is 22.4 Å². The Labute approximate surface area is 277 Å². The number of pyridine rings is 1. The van der Waals surface area contributed by atoms with Gasteiger partial charge in [0.1, 0.15) is 5.75 Å². The minimum Gasteiger partial charge on any atom is -0.507 e. The summed E-state index contributed by atoms with van der Waals surface area (Å²) in [7, 11) is -6.00. The van der Waals surface area contributed by atoms with E-state index in [9.17, 15) is 22.4 Å². The van der Waals surface area contributed by atoms with Gasteiger partial charge in [-0.15, -0.1) is 0 Å². The number of hydrogen-bond acceptors (Lipinski definition) is 1. The van der Waals surface area contributed by atoms with Crippen LogP contribution in [0.4, 0.5) is 17.3 Å². The van der Waals surface area contributed by atoms with Gasteiger partial charge in [0, 0.05) is 46.5 Å². The largest absolute Gasteiger partial charge is 0.673 e. The standard InChI is InChI=1S/C41H29NO.BF4/c43-41-37(31-18-8-2-9-19-31)28-36(29-38(41)32-20-10-3-11-21-32)42-39(33-22-12-4-13-23-33)26-35(30-16-6-1-7-17-30)27-40(42)34-24-14-5-15-25-34;2-1(3,4)5/h1-29H;/q;-1/p+1. The third-order valence-corrected chi connectivity index (χ3v) is 7.83. The molecule has 236 valence electrons. The first-order chi connectivity index (χ1) is 23.3. The molecule has 7 heteroatoms. The normalized spacial score (nSPS) is 11.0. The van der Waals surface area contributed by atoms with Gasteiger partial charge in [-0.1, -0.05) is 127 Å². The van der Waals surface area contributed by atoms with Crippen molar-refractivity contribution in [3.63, 3.8) is 0 Å². The number of hydrogen-bond donors (Lipinski definition) is 1. The van der Waals surface area contributed by atoms with E-state index in [1.807, 2.05) is 60.7 Å². The SMILES string of the molecule is F[B-](F)(F)F.Oc1c(-c2ccccc2)cc(-[n+]2c(-c3ccccc3)cc(-c3ccccc3)cc2-c2ccccc2)cc1-c1ccccc1. The summed E-state index contributed by atoms with van der Waals surface area (Å²) in [6.45, 7) is 0. The fraction of sp³-hybridized carbons (Fsp3) is 0. The summed E-state index contributed by atoms with van der Waals surface area (Å²) in [6.07, 6.45) is 0. The Morgan fingerprint density at radius 2 is 0.667 bits per heavy atom. The summed E-state index contributed by atoms with van der Waals surface area (Å²) in [5, 5.41) is 11.7. The Hall–Kier alpha value is -5.95. The first-order valence-electron chi connectivity index (χ1n) is 15.4. The molecule has 1 heterocycles. The molecule has 0 radical (unpaired) electrons. The lowest BCUT2D eigenvalue weighted by Gasteiger charge is -2.16. The Morgan fingerprint density at radius 3 is 1.00 bits per heavy atom. The fourth-order valence-electron chi connectivity index (χ4n) is 5.74. The number of benzene rings is 6. The molecule has 6 aromatic carbocycles. The van der Waals surface area contributed by atoms with Crippen LogP contribution in [0.1, 0.15) is 0 Å². The zero-order chi connectivity index (χ0) is 33.5. The van der Waals surface area contributed by atoms with Gasteiger partial charge in [0.15, 0.2) is 0 Å². The molecular weight excluding hydrogens is 609 g/mol. The molecule has 2 nitrogen and oxygen atoms in total. The summed E-state index contributed by atoms with van der Waals surface area (Å²) >= 11 is 0. The second kappa shape index (κ2) is 14.2. The van der Waals surface area contributed by atoms with E-state index in [1.54, 1.807) is 0 Å². The van der Waals surface area contributed by atoms with E-state index >= 15 is 0 Å². The van der Waals surface area contributed by atoms with Crippen LogP contribution in [0.25, 0.3) is 61.6 Å². The van der Waals surface area contributed by atoms with Gasteiger partial charge >= 0.3 is 7.25 Å². The van der Waals surface area contributed by atoms with Gasteiger partial charge in [0.2, 0.25) is 17.1 Å². The van der Waals surface area contributed by atoms with Crippen molar-refractivity contribution in [2.24, 2.45) is 0 Å². The molecule has 0 unspecified atom stereocenters. The van der Waals surface area contributed by atoms with E-state index in [0.29, 0.717) is 0 Å². The third-order valence-electron chi connectivity index (χ3n) is 7.83. The number of aromatic nitrogens is 1. The molecule has 0 saturated heterocycles. The van der Waals surface area contributed by atoms with E-state index in [4.69, 9.17) is 0 Å². The van der Waals surface area contributed by atoms with Crippen LogP contribution in [0, 0.1) is 0 Å². The Kier molecular flexibility index (Phi) is 9.49. The summed E-state index contributed by atoms with van der Waals surface area (Å²) in [6, 6.07) is 60.6. The Morgan fingerprint density at radius 1 is 0.375 bits per heavy atom. The number of phenolic OH excluding ortho intramolecular Hbond substituents is 1. The molecule has 7 rings (SSSR count). The Bertz CT molecular complexity index is 1980. The van der Waals surface area contributed by atoms with Crippen LogP contribution in [0.2, 0.25) is 0 Å². The molecule has 0 fully saturated rings. The van der Waals surface area contributed by atoms with E-state index in [1.165, 1.54) is 0 Å². The monoisotopic (exact) mass is 639 g/mol. The van der Waals surface area contributed by atoms with E-state index in [-0.39, 0.29) is 5.75 Å². The minimum absolute atomic E-state index is 0.269. The number of rotatable bonds is 6. The zero-order valence-corrected chi connectivity index (χ0v) is 25.7. The highest BCUT2D eigenvalue weighted by atomic mass is 19.5. The summed E-state index contributed by atoms with van der Waals surface area (Å²) in [5.41, 5.74) is 11.1. The average molecular weight is 640 g/mol. The van der Waals surface area contributed by atoms with Gasteiger partial charge in [-0.3, -0.25) is 0 Å². The number of aromatic hydroxyl groups is 1. The Balaban J connectivity index is 0.000000749. The van der Waals surface area contributed by atoms with Gasteiger partial charge in [-0.2, -0.15) is 4.57 Å². The lowest BCUT2D eigenvalue weighted by atomic mass is 9.94. The van der Waals surface area contributed by atoms with Crippen LogP contribution < -0.4 is 4.57 Å². The maximum atomic E-state index is 11.7. The van der Waals surface area contributed by atoms with E-state index < -0.39 is 7.25 Å². The molecule has 0 bridgehead atoms. The molecule has 1 aromatic heterocycles. The second-order valence-corrected chi connectivity index (χ2v) is 11.1. The van der Waals surface area contributed by atoms with Crippen LogP contribution in [0.3, 0.4) is 0 Å². The highest BCUT2D eigenvalue weighted by Crippen LogP contribution is 2.40. The highest BCUT2D eigenvalue weighted by Gasteiger charge is 2.27. The van der Waals surface area contributed by atoms with Crippen LogP contribution in [-0.2, 0) is 0 Å². The van der Waals surface area contributed by atoms with Crippen molar-refractivity contribution < 1.29 is 26.9 Å². The van der Waals surface area contributed by atoms with Gasteiger partial charge in [-0.05, 0) is 46.5 Å². The molecule has 0 spiro atoms. The molecule has 7 aromatic rings. The van der Waals surface area contributed by atoms with Crippen molar-refractivity contribution in [3.8, 4) is 67.3 Å². The molecule has 0 aliphatic heterocycles. The predicted molar refractivity (Wildman–Crippen MR) is 187 cm³/mol. The molecule has 0 atom stereocenters. The van der Waals surface area contributed by atoms with Crippen LogP contribution in [0.5, 0.6) is 5.75 Å². The topological polar surface area (TPSA) is 24.1 Å². The summed E-state index contributed by atoms with van der Waals surface area (Å²) in [5.74, 6) is 0.269.